The molecule has 1 saturated heterocycles. The van der Waals surface area contributed by atoms with Gasteiger partial charge in [-0.15, -0.1) is 0 Å². The smallest absolute Gasteiger partial charge is 0.131 e. The van der Waals surface area contributed by atoms with E-state index in [0.29, 0.717) is 6.54 Å². The normalized spacial score (nSPS) is 18.8. The molecule has 0 aliphatic carbocycles. The van der Waals surface area contributed by atoms with Crippen LogP contribution in [0.5, 0.6) is 0 Å². The van der Waals surface area contributed by atoms with Gasteiger partial charge >= 0.3 is 0 Å². The van der Waals surface area contributed by atoms with E-state index < -0.39 is 11.6 Å². The fourth-order valence-corrected chi connectivity index (χ4v) is 2.00. The molecule has 18 heavy (non-hydrogen) atoms. The van der Waals surface area contributed by atoms with Crippen LogP contribution < -0.4 is 5.32 Å². The lowest BCUT2D eigenvalue weighted by molar-refractivity contribution is 0.110. The molecule has 1 aliphatic heterocycles. The van der Waals surface area contributed by atoms with Crippen molar-refractivity contribution in [2.45, 2.75) is 25.5 Å². The lowest BCUT2D eigenvalue weighted by Gasteiger charge is -2.11. The van der Waals surface area contributed by atoms with Crippen molar-refractivity contribution in [1.29, 1.82) is 5.26 Å². The van der Waals surface area contributed by atoms with Crippen molar-refractivity contribution in [2.24, 2.45) is 0 Å². The highest BCUT2D eigenvalue weighted by Crippen LogP contribution is 2.15. The highest BCUT2D eigenvalue weighted by atomic mass is 19.1. The lowest BCUT2D eigenvalue weighted by Crippen LogP contribution is -2.26. The summed E-state index contributed by atoms with van der Waals surface area (Å²) < 4.78 is 32.5. The van der Waals surface area contributed by atoms with Crippen molar-refractivity contribution in [3.8, 4) is 6.07 Å². The number of ether oxygens (including phenoxy) is 1. The van der Waals surface area contributed by atoms with Gasteiger partial charge in [-0.2, -0.15) is 5.26 Å². The second kappa shape index (κ2) is 5.89. The summed E-state index contributed by atoms with van der Waals surface area (Å²) in [7, 11) is 0. The Hall–Kier alpha value is -1.51. The zero-order valence-electron chi connectivity index (χ0n) is 9.88. The van der Waals surface area contributed by atoms with Crippen LogP contribution in [0.2, 0.25) is 0 Å². The Morgan fingerprint density at radius 2 is 2.11 bits per heavy atom. The lowest BCUT2D eigenvalue weighted by atomic mass is 10.1. The second-order valence-corrected chi connectivity index (χ2v) is 4.30. The van der Waals surface area contributed by atoms with E-state index in [1.54, 1.807) is 6.07 Å². The quantitative estimate of drug-likeness (QED) is 0.892. The maximum Gasteiger partial charge on any atom is 0.131 e. The largest absolute Gasteiger partial charge is 0.377 e. The van der Waals surface area contributed by atoms with E-state index in [2.05, 4.69) is 5.32 Å². The van der Waals surface area contributed by atoms with Crippen LogP contribution in [0.4, 0.5) is 8.78 Å². The van der Waals surface area contributed by atoms with Gasteiger partial charge in [0.15, 0.2) is 0 Å². The minimum Gasteiger partial charge on any atom is -0.377 e. The summed E-state index contributed by atoms with van der Waals surface area (Å²) in [6.45, 7) is 1.44. The summed E-state index contributed by atoms with van der Waals surface area (Å²) in [5, 5.41) is 11.6. The molecular formula is C13H14F2N2O. The van der Waals surface area contributed by atoms with Crippen LogP contribution in [-0.2, 0) is 11.3 Å². The van der Waals surface area contributed by atoms with Crippen LogP contribution in [0.15, 0.2) is 12.1 Å². The maximum atomic E-state index is 13.5. The summed E-state index contributed by atoms with van der Waals surface area (Å²) in [5.41, 5.74) is -0.0418. The van der Waals surface area contributed by atoms with Crippen molar-refractivity contribution < 1.29 is 13.5 Å². The molecule has 96 valence electrons. The summed E-state index contributed by atoms with van der Waals surface area (Å²) in [4.78, 5) is 0. The summed E-state index contributed by atoms with van der Waals surface area (Å²) in [6.07, 6.45) is 2.14. The molecule has 0 saturated carbocycles. The van der Waals surface area contributed by atoms with E-state index >= 15 is 0 Å². The SMILES string of the molecule is N#Cc1cc(F)c(CNCC2CCCO2)c(F)c1. The third-order valence-electron chi connectivity index (χ3n) is 2.97. The van der Waals surface area contributed by atoms with Gasteiger partial charge in [0.1, 0.15) is 11.6 Å². The first-order chi connectivity index (χ1) is 8.70. The van der Waals surface area contributed by atoms with Gasteiger partial charge in [-0.25, -0.2) is 8.78 Å². The van der Waals surface area contributed by atoms with Gasteiger partial charge < -0.3 is 10.1 Å². The molecule has 0 radical (unpaired) electrons. The molecule has 1 N–H and O–H groups in total. The fourth-order valence-electron chi connectivity index (χ4n) is 2.00. The van der Waals surface area contributed by atoms with E-state index in [1.807, 2.05) is 0 Å². The Labute approximate surface area is 104 Å². The maximum absolute atomic E-state index is 13.5. The molecular weight excluding hydrogens is 238 g/mol. The number of halogens is 2. The van der Waals surface area contributed by atoms with E-state index in [1.165, 1.54) is 0 Å². The summed E-state index contributed by atoms with van der Waals surface area (Å²) in [5.74, 6) is -1.38. The van der Waals surface area contributed by atoms with E-state index in [0.717, 1.165) is 31.6 Å². The third-order valence-corrected chi connectivity index (χ3v) is 2.97. The average molecular weight is 252 g/mol. The predicted molar refractivity (Wildman–Crippen MR) is 61.8 cm³/mol. The first kappa shape index (κ1) is 12.9. The van der Waals surface area contributed by atoms with Gasteiger partial charge in [0.25, 0.3) is 0 Å². The number of benzene rings is 1. The van der Waals surface area contributed by atoms with Gasteiger partial charge in [-0.05, 0) is 25.0 Å². The van der Waals surface area contributed by atoms with Crippen LogP contribution in [0.25, 0.3) is 0 Å². The Morgan fingerprint density at radius 1 is 1.39 bits per heavy atom. The van der Waals surface area contributed by atoms with Crippen LogP contribution in [-0.4, -0.2) is 19.3 Å². The predicted octanol–water partition coefficient (Wildman–Crippen LogP) is 2.11. The first-order valence-corrected chi connectivity index (χ1v) is 5.91. The highest BCUT2D eigenvalue weighted by Gasteiger charge is 2.16. The Balaban J connectivity index is 1.94. The minimum atomic E-state index is -0.689. The molecule has 1 heterocycles. The molecule has 5 heteroatoms. The topological polar surface area (TPSA) is 45.0 Å². The molecule has 3 nitrogen and oxygen atoms in total. The van der Waals surface area contributed by atoms with Crippen LogP contribution in [0.3, 0.4) is 0 Å². The van der Waals surface area contributed by atoms with Crippen LogP contribution in [0.1, 0.15) is 24.0 Å². The van der Waals surface area contributed by atoms with Crippen molar-refractivity contribution in [3.05, 3.63) is 34.9 Å². The van der Waals surface area contributed by atoms with Crippen molar-refractivity contribution >= 4 is 0 Å². The first-order valence-electron chi connectivity index (χ1n) is 5.91. The zero-order chi connectivity index (χ0) is 13.0. The van der Waals surface area contributed by atoms with Crippen molar-refractivity contribution in [2.75, 3.05) is 13.2 Å². The molecule has 1 atom stereocenters. The number of nitrogens with zero attached hydrogens (tertiary/aromatic N) is 1. The van der Waals surface area contributed by atoms with Gasteiger partial charge in [-0.3, -0.25) is 0 Å². The Bertz CT molecular complexity index is 442. The Kier molecular flexibility index (Phi) is 4.24. The number of hydrogen-bond donors (Lipinski definition) is 1. The third kappa shape index (κ3) is 3.03. The number of nitriles is 1. The van der Waals surface area contributed by atoms with E-state index in [4.69, 9.17) is 10.00 Å². The summed E-state index contributed by atoms with van der Waals surface area (Å²) >= 11 is 0. The monoisotopic (exact) mass is 252 g/mol. The molecule has 0 aromatic heterocycles. The minimum absolute atomic E-state index is 0.00660. The molecule has 0 amide bonds. The molecule has 0 bridgehead atoms. The fraction of sp³-hybridized carbons (Fsp3) is 0.462. The molecule has 1 unspecified atom stereocenters. The number of hydrogen-bond acceptors (Lipinski definition) is 3. The van der Waals surface area contributed by atoms with Gasteiger partial charge in [0, 0.05) is 25.3 Å². The standard InChI is InChI=1S/C13H14F2N2O/c14-12-4-9(6-16)5-13(15)11(12)8-17-7-10-2-1-3-18-10/h4-5,10,17H,1-3,7-8H2. The molecule has 2 rings (SSSR count). The van der Waals surface area contributed by atoms with Crippen molar-refractivity contribution in [3.63, 3.8) is 0 Å². The molecule has 1 fully saturated rings. The van der Waals surface area contributed by atoms with Gasteiger partial charge in [0.2, 0.25) is 0 Å². The highest BCUT2D eigenvalue weighted by molar-refractivity contribution is 5.34. The number of nitrogens with one attached hydrogen (secondary N) is 1. The van der Waals surface area contributed by atoms with Crippen molar-refractivity contribution in [1.82, 2.24) is 5.32 Å². The van der Waals surface area contributed by atoms with Gasteiger partial charge in [0.05, 0.1) is 17.7 Å². The molecule has 1 aromatic carbocycles. The average Bonchev–Trinajstić information content (AvgIpc) is 2.85. The summed E-state index contributed by atoms with van der Waals surface area (Å²) in [6, 6.07) is 3.81. The van der Waals surface area contributed by atoms with Crippen LogP contribution in [0, 0.1) is 23.0 Å². The van der Waals surface area contributed by atoms with E-state index in [9.17, 15) is 8.78 Å². The van der Waals surface area contributed by atoms with E-state index in [-0.39, 0.29) is 23.8 Å². The van der Waals surface area contributed by atoms with Gasteiger partial charge in [-0.1, -0.05) is 0 Å². The molecule has 1 aliphatic rings. The van der Waals surface area contributed by atoms with Crippen LogP contribution >= 0.6 is 0 Å². The Morgan fingerprint density at radius 3 is 2.67 bits per heavy atom. The molecule has 1 aromatic rings. The number of rotatable bonds is 4. The molecule has 0 spiro atoms. The second-order valence-electron chi connectivity index (χ2n) is 4.30. The zero-order valence-corrected chi connectivity index (χ0v) is 9.88.